The normalized spacial score (nSPS) is 13.2. The summed E-state index contributed by atoms with van der Waals surface area (Å²) in [5, 5.41) is 0. The van der Waals surface area contributed by atoms with Gasteiger partial charge in [-0.1, -0.05) is 95.9 Å². The third-order valence-corrected chi connectivity index (χ3v) is 5.71. The van der Waals surface area contributed by atoms with Crippen LogP contribution < -0.4 is 0 Å². The number of likely N-dealkylation sites (N-methyl/N-ethyl adjacent to an activating group) is 1. The molecule has 0 aliphatic rings. The lowest BCUT2D eigenvalue weighted by Gasteiger charge is -2.21. The van der Waals surface area contributed by atoms with Gasteiger partial charge in [-0.15, -0.1) is 0 Å². The van der Waals surface area contributed by atoms with Crippen molar-refractivity contribution in [3.63, 3.8) is 0 Å². The second-order valence-electron chi connectivity index (χ2n) is 9.44. The maximum atomic E-state index is 6.01. The third kappa shape index (κ3) is 25.6. The lowest BCUT2D eigenvalue weighted by atomic mass is 10.1. The quantitative estimate of drug-likeness (QED) is 0.103. The summed E-state index contributed by atoms with van der Waals surface area (Å²) < 4.78 is 11.9. The van der Waals surface area contributed by atoms with E-state index in [0.717, 1.165) is 32.6 Å². The van der Waals surface area contributed by atoms with Gasteiger partial charge in [-0.3, -0.25) is 0 Å². The molecule has 0 aliphatic carbocycles. The molecule has 0 aromatic carbocycles. The van der Waals surface area contributed by atoms with E-state index >= 15 is 0 Å². The van der Waals surface area contributed by atoms with Crippen molar-refractivity contribution in [2.45, 2.75) is 123 Å². The van der Waals surface area contributed by atoms with E-state index in [4.69, 9.17) is 9.47 Å². The summed E-state index contributed by atoms with van der Waals surface area (Å²) in [4.78, 5) is 2.18. The molecule has 3 nitrogen and oxygen atoms in total. The average molecular weight is 452 g/mol. The molecule has 32 heavy (non-hydrogen) atoms. The van der Waals surface area contributed by atoms with Gasteiger partial charge in [-0.2, -0.15) is 0 Å². The molecule has 0 fully saturated rings. The predicted octanol–water partition coefficient (Wildman–Crippen LogP) is 8.34. The predicted molar refractivity (Wildman–Crippen MR) is 143 cm³/mol. The highest BCUT2D eigenvalue weighted by Crippen LogP contribution is 2.10. The van der Waals surface area contributed by atoms with E-state index in [1.54, 1.807) is 0 Å². The summed E-state index contributed by atoms with van der Waals surface area (Å²) in [5.41, 5.74) is 0. The number of ether oxygens (including phenoxy) is 2. The van der Waals surface area contributed by atoms with E-state index in [2.05, 4.69) is 57.1 Å². The van der Waals surface area contributed by atoms with Gasteiger partial charge in [0.2, 0.25) is 0 Å². The lowest BCUT2D eigenvalue weighted by molar-refractivity contribution is -0.0261. The molecule has 0 rings (SSSR count). The fourth-order valence-corrected chi connectivity index (χ4v) is 3.81. The van der Waals surface area contributed by atoms with Crippen molar-refractivity contribution >= 4 is 0 Å². The summed E-state index contributed by atoms with van der Waals surface area (Å²) >= 11 is 0. The Labute approximate surface area is 202 Å². The van der Waals surface area contributed by atoms with E-state index in [9.17, 15) is 0 Å². The van der Waals surface area contributed by atoms with Gasteiger partial charge >= 0.3 is 0 Å². The van der Waals surface area contributed by atoms with Crippen LogP contribution in [0.25, 0.3) is 0 Å². The first-order chi connectivity index (χ1) is 15.7. The standard InChI is InChI=1S/C29H57NO2/c1-5-7-9-11-12-13-14-15-16-17-18-19-20-21-22-23-25-31-28-29(27-30(3)4)32-26-24-10-8-6-2/h8,10,15-16,29H,5-7,9,11-14,17-28H2,1-4H3/b10-8-,16-15-. The van der Waals surface area contributed by atoms with Crippen LogP contribution in [0.3, 0.4) is 0 Å². The molecule has 0 saturated carbocycles. The molecule has 3 heteroatoms. The van der Waals surface area contributed by atoms with Crippen LogP contribution >= 0.6 is 0 Å². The van der Waals surface area contributed by atoms with Crippen molar-refractivity contribution in [3.8, 4) is 0 Å². The van der Waals surface area contributed by atoms with Gasteiger partial charge in [0.05, 0.1) is 19.3 Å². The monoisotopic (exact) mass is 451 g/mol. The van der Waals surface area contributed by atoms with Crippen LogP contribution in [0.4, 0.5) is 0 Å². The van der Waals surface area contributed by atoms with Crippen molar-refractivity contribution in [1.82, 2.24) is 4.90 Å². The largest absolute Gasteiger partial charge is 0.379 e. The number of nitrogens with zero attached hydrogens (tertiary/aromatic N) is 1. The highest BCUT2D eigenvalue weighted by Gasteiger charge is 2.10. The molecule has 0 saturated heterocycles. The Morgan fingerprint density at radius 2 is 1.19 bits per heavy atom. The van der Waals surface area contributed by atoms with Crippen LogP contribution in [-0.4, -0.2) is 51.5 Å². The summed E-state index contributed by atoms with van der Waals surface area (Å²) in [5.74, 6) is 0. The highest BCUT2D eigenvalue weighted by atomic mass is 16.5. The Hall–Kier alpha value is -0.640. The van der Waals surface area contributed by atoms with Gasteiger partial charge in [-0.25, -0.2) is 0 Å². The lowest BCUT2D eigenvalue weighted by Crippen LogP contribution is -2.32. The fraction of sp³-hybridized carbons (Fsp3) is 0.862. The number of unbranched alkanes of at least 4 members (excludes halogenated alkanes) is 12. The minimum absolute atomic E-state index is 0.175. The molecule has 1 atom stereocenters. The van der Waals surface area contributed by atoms with Gasteiger partial charge in [0.15, 0.2) is 0 Å². The second kappa shape index (κ2) is 26.6. The van der Waals surface area contributed by atoms with Crippen LogP contribution in [0.1, 0.15) is 117 Å². The van der Waals surface area contributed by atoms with Crippen molar-refractivity contribution in [2.75, 3.05) is 40.5 Å². The molecule has 0 radical (unpaired) electrons. The molecule has 190 valence electrons. The van der Waals surface area contributed by atoms with Crippen molar-refractivity contribution in [3.05, 3.63) is 24.3 Å². The number of allylic oxidation sites excluding steroid dienone is 3. The van der Waals surface area contributed by atoms with Gasteiger partial charge < -0.3 is 14.4 Å². The van der Waals surface area contributed by atoms with Crippen LogP contribution in [0.2, 0.25) is 0 Å². The average Bonchev–Trinajstić information content (AvgIpc) is 2.77. The van der Waals surface area contributed by atoms with Crippen molar-refractivity contribution in [2.24, 2.45) is 0 Å². The molecule has 0 aliphatic heterocycles. The summed E-state index contributed by atoms with van der Waals surface area (Å²) in [7, 11) is 4.19. The molecule has 0 aromatic rings. The number of rotatable bonds is 25. The van der Waals surface area contributed by atoms with Gasteiger partial charge in [0, 0.05) is 13.2 Å². The summed E-state index contributed by atoms with van der Waals surface area (Å²) in [6, 6.07) is 0. The zero-order valence-corrected chi connectivity index (χ0v) is 22.3. The molecule has 0 amide bonds. The molecular formula is C29H57NO2. The maximum Gasteiger partial charge on any atom is 0.0934 e. The Balaban J connectivity index is 3.46. The molecule has 1 unspecified atom stereocenters. The minimum Gasteiger partial charge on any atom is -0.379 e. The molecule has 0 aromatic heterocycles. The van der Waals surface area contributed by atoms with Gasteiger partial charge in [0.25, 0.3) is 0 Å². The highest BCUT2D eigenvalue weighted by molar-refractivity contribution is 4.81. The van der Waals surface area contributed by atoms with Crippen LogP contribution in [0.5, 0.6) is 0 Å². The van der Waals surface area contributed by atoms with Crippen molar-refractivity contribution < 1.29 is 9.47 Å². The van der Waals surface area contributed by atoms with E-state index in [0.29, 0.717) is 6.61 Å². The Bertz CT molecular complexity index is 406. The van der Waals surface area contributed by atoms with Crippen molar-refractivity contribution in [1.29, 1.82) is 0 Å². The molecule has 0 heterocycles. The molecule has 0 N–H and O–H groups in total. The van der Waals surface area contributed by atoms with Gasteiger partial charge in [-0.05, 0) is 59.0 Å². The summed E-state index contributed by atoms with van der Waals surface area (Å²) in [6.45, 7) is 7.73. The van der Waals surface area contributed by atoms with Crippen LogP contribution in [-0.2, 0) is 9.47 Å². The number of hydrogen-bond donors (Lipinski definition) is 0. The zero-order valence-electron chi connectivity index (χ0n) is 22.3. The minimum atomic E-state index is 0.175. The molecule has 0 spiro atoms. The first-order valence-corrected chi connectivity index (χ1v) is 13.8. The maximum absolute atomic E-state index is 6.01. The third-order valence-electron chi connectivity index (χ3n) is 5.71. The first-order valence-electron chi connectivity index (χ1n) is 13.8. The summed E-state index contributed by atoms with van der Waals surface area (Å²) in [6.07, 6.45) is 30.3. The Morgan fingerprint density at radius 1 is 0.625 bits per heavy atom. The van der Waals surface area contributed by atoms with E-state index in [1.807, 2.05) is 0 Å². The Morgan fingerprint density at radius 3 is 1.78 bits per heavy atom. The molecule has 0 bridgehead atoms. The van der Waals surface area contributed by atoms with E-state index in [-0.39, 0.29) is 6.10 Å². The fourth-order valence-electron chi connectivity index (χ4n) is 3.81. The van der Waals surface area contributed by atoms with E-state index in [1.165, 1.54) is 89.9 Å². The smallest absolute Gasteiger partial charge is 0.0934 e. The Kier molecular flexibility index (Phi) is 26.1. The van der Waals surface area contributed by atoms with E-state index < -0.39 is 0 Å². The topological polar surface area (TPSA) is 21.7 Å². The second-order valence-corrected chi connectivity index (χ2v) is 9.44. The van der Waals surface area contributed by atoms with Gasteiger partial charge in [0.1, 0.15) is 0 Å². The zero-order chi connectivity index (χ0) is 23.5. The van der Waals surface area contributed by atoms with Crippen LogP contribution in [0, 0.1) is 0 Å². The first kappa shape index (κ1) is 31.4. The van der Waals surface area contributed by atoms with Crippen LogP contribution in [0.15, 0.2) is 24.3 Å². The SMILES string of the molecule is CC/C=C\CCOC(COCCCCCCCC/C=C\CCCCCCCC)CN(C)C. The number of hydrogen-bond acceptors (Lipinski definition) is 3. The molecular weight excluding hydrogens is 394 g/mol.